The van der Waals surface area contributed by atoms with Crippen molar-refractivity contribution in [2.75, 3.05) is 17.7 Å². The molecule has 2 aromatic carbocycles. The van der Waals surface area contributed by atoms with Gasteiger partial charge in [0.1, 0.15) is 5.75 Å². The van der Waals surface area contributed by atoms with Crippen LogP contribution in [0.15, 0.2) is 48.5 Å². The summed E-state index contributed by atoms with van der Waals surface area (Å²) in [6.07, 6.45) is 0. The van der Waals surface area contributed by atoms with Crippen LogP contribution in [0.3, 0.4) is 0 Å². The van der Waals surface area contributed by atoms with Gasteiger partial charge in [-0.15, -0.1) is 0 Å². The molecule has 110 valence electrons. The van der Waals surface area contributed by atoms with E-state index in [1.54, 1.807) is 12.1 Å². The average molecular weight is 284 g/mol. The minimum absolute atomic E-state index is 0.0436. The Morgan fingerprint density at radius 3 is 2.52 bits per heavy atom. The van der Waals surface area contributed by atoms with Crippen LogP contribution in [-0.4, -0.2) is 12.5 Å². The molecule has 2 aromatic rings. The maximum absolute atomic E-state index is 11.9. The summed E-state index contributed by atoms with van der Waals surface area (Å²) in [6, 6.07) is 14.9. The highest BCUT2D eigenvalue weighted by molar-refractivity contribution is 5.94. The highest BCUT2D eigenvalue weighted by atomic mass is 16.5. The van der Waals surface area contributed by atoms with Crippen LogP contribution in [0.5, 0.6) is 5.75 Å². The number of nitrogens with one attached hydrogen (secondary N) is 1. The Morgan fingerprint density at radius 1 is 1.14 bits per heavy atom. The van der Waals surface area contributed by atoms with Gasteiger partial charge in [0.2, 0.25) is 0 Å². The number of carbonyl (C=O) groups excluding carboxylic acids is 1. The van der Waals surface area contributed by atoms with Crippen LogP contribution in [0, 0.1) is 0 Å². The molecule has 0 heterocycles. The molecule has 4 heteroatoms. The molecule has 0 aliphatic carbocycles. The Bertz CT molecular complexity index is 624. The van der Waals surface area contributed by atoms with Crippen molar-refractivity contribution in [1.82, 2.24) is 0 Å². The van der Waals surface area contributed by atoms with Gasteiger partial charge in [0.15, 0.2) is 6.61 Å². The number of rotatable bonds is 5. The molecule has 1 amide bonds. The molecule has 4 nitrogen and oxygen atoms in total. The van der Waals surface area contributed by atoms with Crippen molar-refractivity contribution >= 4 is 17.3 Å². The number of nitrogen functional groups attached to an aromatic ring is 1. The maximum atomic E-state index is 11.9. The molecule has 3 N–H and O–H groups in total. The van der Waals surface area contributed by atoms with E-state index in [1.165, 1.54) is 0 Å². The molecule has 0 aromatic heterocycles. The van der Waals surface area contributed by atoms with Gasteiger partial charge in [-0.1, -0.05) is 44.2 Å². The molecule has 0 unspecified atom stereocenters. The molecule has 2 rings (SSSR count). The number of hydrogen-bond donors (Lipinski definition) is 2. The zero-order valence-corrected chi connectivity index (χ0v) is 12.3. The molecule has 0 aliphatic rings. The van der Waals surface area contributed by atoms with E-state index < -0.39 is 0 Å². The number of amides is 1. The lowest BCUT2D eigenvalue weighted by atomic mass is 10.0. The van der Waals surface area contributed by atoms with E-state index in [2.05, 4.69) is 19.2 Å². The summed E-state index contributed by atoms with van der Waals surface area (Å²) in [4.78, 5) is 11.9. The smallest absolute Gasteiger partial charge is 0.262 e. The zero-order chi connectivity index (χ0) is 15.2. The van der Waals surface area contributed by atoms with E-state index in [9.17, 15) is 4.79 Å². The first kappa shape index (κ1) is 14.9. The number of benzene rings is 2. The van der Waals surface area contributed by atoms with Crippen LogP contribution in [0.2, 0.25) is 0 Å². The Labute approximate surface area is 124 Å². The second-order valence-corrected chi connectivity index (χ2v) is 5.12. The van der Waals surface area contributed by atoms with Crippen molar-refractivity contribution in [3.05, 3.63) is 54.1 Å². The van der Waals surface area contributed by atoms with Gasteiger partial charge in [0.05, 0.1) is 11.4 Å². The van der Waals surface area contributed by atoms with Crippen LogP contribution in [-0.2, 0) is 4.79 Å². The van der Waals surface area contributed by atoms with E-state index in [4.69, 9.17) is 10.5 Å². The third-order valence-corrected chi connectivity index (χ3v) is 3.13. The van der Waals surface area contributed by atoms with Crippen molar-refractivity contribution in [2.45, 2.75) is 19.8 Å². The monoisotopic (exact) mass is 284 g/mol. The fourth-order valence-electron chi connectivity index (χ4n) is 2.03. The molecule has 0 spiro atoms. The third kappa shape index (κ3) is 3.99. The highest BCUT2D eigenvalue weighted by Crippen LogP contribution is 2.25. The van der Waals surface area contributed by atoms with Crippen LogP contribution >= 0.6 is 0 Å². The van der Waals surface area contributed by atoms with Crippen LogP contribution in [0.4, 0.5) is 11.4 Å². The molecule has 0 bridgehead atoms. The summed E-state index contributed by atoms with van der Waals surface area (Å²) in [5.41, 5.74) is 8.01. The summed E-state index contributed by atoms with van der Waals surface area (Å²) >= 11 is 0. The maximum Gasteiger partial charge on any atom is 0.262 e. The minimum atomic E-state index is -0.230. The molecular formula is C17H20N2O2. The molecular weight excluding hydrogens is 264 g/mol. The predicted molar refractivity (Wildman–Crippen MR) is 85.5 cm³/mol. The topological polar surface area (TPSA) is 64.3 Å². The molecule has 0 atom stereocenters. The Balaban J connectivity index is 1.97. The van der Waals surface area contributed by atoms with Gasteiger partial charge in [-0.05, 0) is 29.7 Å². The number of ether oxygens (including phenoxy) is 1. The van der Waals surface area contributed by atoms with Gasteiger partial charge in [-0.3, -0.25) is 4.79 Å². The van der Waals surface area contributed by atoms with Gasteiger partial charge < -0.3 is 15.8 Å². The Kier molecular flexibility index (Phi) is 4.82. The molecule has 0 saturated carbocycles. The number of anilines is 2. The van der Waals surface area contributed by atoms with Crippen molar-refractivity contribution in [1.29, 1.82) is 0 Å². The summed E-state index contributed by atoms with van der Waals surface area (Å²) in [7, 11) is 0. The second-order valence-electron chi connectivity index (χ2n) is 5.12. The second kappa shape index (κ2) is 6.79. The Hall–Kier alpha value is -2.49. The van der Waals surface area contributed by atoms with Gasteiger partial charge in [-0.2, -0.15) is 0 Å². The van der Waals surface area contributed by atoms with E-state index in [0.29, 0.717) is 17.3 Å². The van der Waals surface area contributed by atoms with Crippen LogP contribution in [0.25, 0.3) is 0 Å². The SMILES string of the molecule is CC(C)c1ccccc1OCC(=O)Nc1ccccc1N. The van der Waals surface area contributed by atoms with E-state index in [-0.39, 0.29) is 12.5 Å². The zero-order valence-electron chi connectivity index (χ0n) is 12.3. The van der Waals surface area contributed by atoms with Crippen molar-refractivity contribution in [3.63, 3.8) is 0 Å². The van der Waals surface area contributed by atoms with Gasteiger partial charge in [0, 0.05) is 0 Å². The molecule has 21 heavy (non-hydrogen) atoms. The van der Waals surface area contributed by atoms with Gasteiger partial charge in [0.25, 0.3) is 5.91 Å². The fraction of sp³-hybridized carbons (Fsp3) is 0.235. The molecule has 0 fully saturated rings. The first-order chi connectivity index (χ1) is 10.1. The normalized spacial score (nSPS) is 10.4. The first-order valence-electron chi connectivity index (χ1n) is 6.94. The lowest BCUT2D eigenvalue weighted by molar-refractivity contribution is -0.118. The number of hydrogen-bond acceptors (Lipinski definition) is 3. The predicted octanol–water partition coefficient (Wildman–Crippen LogP) is 3.41. The van der Waals surface area contributed by atoms with Gasteiger partial charge in [-0.25, -0.2) is 0 Å². The van der Waals surface area contributed by atoms with Crippen molar-refractivity contribution in [3.8, 4) is 5.75 Å². The van der Waals surface area contributed by atoms with Crippen molar-refractivity contribution < 1.29 is 9.53 Å². The first-order valence-corrected chi connectivity index (χ1v) is 6.94. The molecule has 0 saturated heterocycles. The lowest BCUT2D eigenvalue weighted by Gasteiger charge is -2.14. The minimum Gasteiger partial charge on any atom is -0.483 e. The summed E-state index contributed by atoms with van der Waals surface area (Å²) in [5, 5.41) is 2.74. The summed E-state index contributed by atoms with van der Waals surface area (Å²) in [5.74, 6) is 0.851. The highest BCUT2D eigenvalue weighted by Gasteiger charge is 2.10. The average Bonchev–Trinajstić information content (AvgIpc) is 2.48. The van der Waals surface area contributed by atoms with Crippen molar-refractivity contribution in [2.24, 2.45) is 0 Å². The summed E-state index contributed by atoms with van der Waals surface area (Å²) in [6.45, 7) is 4.14. The number of carbonyl (C=O) groups is 1. The largest absolute Gasteiger partial charge is 0.483 e. The van der Waals surface area contributed by atoms with E-state index in [0.717, 1.165) is 11.3 Å². The number of nitrogens with two attached hydrogens (primary N) is 1. The third-order valence-electron chi connectivity index (χ3n) is 3.13. The lowest BCUT2D eigenvalue weighted by Crippen LogP contribution is -2.21. The fourth-order valence-corrected chi connectivity index (χ4v) is 2.03. The van der Waals surface area contributed by atoms with Crippen LogP contribution < -0.4 is 15.8 Å². The summed E-state index contributed by atoms with van der Waals surface area (Å²) < 4.78 is 5.62. The van der Waals surface area contributed by atoms with Gasteiger partial charge >= 0.3 is 0 Å². The standard InChI is InChI=1S/C17H20N2O2/c1-12(2)13-7-3-6-10-16(13)21-11-17(20)19-15-9-5-4-8-14(15)18/h3-10,12H,11,18H2,1-2H3,(H,19,20). The molecule has 0 aliphatic heterocycles. The quantitative estimate of drug-likeness (QED) is 0.827. The van der Waals surface area contributed by atoms with Crippen LogP contribution in [0.1, 0.15) is 25.3 Å². The Morgan fingerprint density at radius 2 is 1.81 bits per heavy atom. The molecule has 0 radical (unpaired) electrons. The van der Waals surface area contributed by atoms with E-state index >= 15 is 0 Å². The number of para-hydroxylation sites is 3. The van der Waals surface area contributed by atoms with E-state index in [1.807, 2.05) is 36.4 Å².